The molecule has 2 N–H and O–H groups in total. The number of carbonyl (C=O) groups excluding carboxylic acids is 1. The molecular weight excluding hydrogens is 269 g/mol. The van der Waals surface area contributed by atoms with Crippen molar-refractivity contribution in [2.45, 2.75) is 25.3 Å². The average Bonchev–Trinajstić information content (AvgIpc) is 2.48. The fourth-order valence-electron chi connectivity index (χ4n) is 2.48. The molecule has 110 valence electrons. The van der Waals surface area contributed by atoms with E-state index in [4.69, 9.17) is 0 Å². The second-order valence-corrected chi connectivity index (χ2v) is 4.84. The number of halogens is 3. The molecule has 0 aromatic heterocycles. The van der Waals surface area contributed by atoms with Gasteiger partial charge in [-0.1, -0.05) is 13.0 Å². The Kier molecular flexibility index (Phi) is 4.77. The van der Waals surface area contributed by atoms with Crippen LogP contribution in [0.1, 0.15) is 24.8 Å². The molecular formula is C14H17F3N2O. The molecule has 0 amide bonds. The van der Waals surface area contributed by atoms with E-state index < -0.39 is 29.4 Å². The van der Waals surface area contributed by atoms with Gasteiger partial charge in [-0.25, -0.2) is 13.2 Å². The number of piperazine rings is 1. The predicted octanol–water partition coefficient (Wildman–Crippen LogP) is 1.73. The lowest BCUT2D eigenvalue weighted by atomic mass is 9.87. The summed E-state index contributed by atoms with van der Waals surface area (Å²) in [4.78, 5) is 12.4. The summed E-state index contributed by atoms with van der Waals surface area (Å²) in [6.45, 7) is 3.59. The van der Waals surface area contributed by atoms with Crippen LogP contribution < -0.4 is 10.6 Å². The standard InChI is InChI=1S/C14H17F3N2O/c1-2-8(14(20)11-7-18-5-6-19-11)9-3-4-10(15)13(17)12(9)16/h3-4,8,11,18-19H,2,5-7H2,1H3. The van der Waals surface area contributed by atoms with Crippen molar-refractivity contribution in [1.82, 2.24) is 10.6 Å². The van der Waals surface area contributed by atoms with Gasteiger partial charge in [-0.05, 0) is 12.5 Å². The van der Waals surface area contributed by atoms with Gasteiger partial charge in [0, 0.05) is 31.1 Å². The molecule has 0 bridgehead atoms. The highest BCUT2D eigenvalue weighted by Gasteiger charge is 2.31. The summed E-state index contributed by atoms with van der Waals surface area (Å²) in [5.74, 6) is -5.02. The highest BCUT2D eigenvalue weighted by Crippen LogP contribution is 2.27. The van der Waals surface area contributed by atoms with E-state index in [1.54, 1.807) is 6.92 Å². The first-order valence-corrected chi connectivity index (χ1v) is 6.67. The Morgan fingerprint density at radius 3 is 2.65 bits per heavy atom. The van der Waals surface area contributed by atoms with Crippen molar-refractivity contribution in [2.24, 2.45) is 0 Å². The Hall–Kier alpha value is -1.40. The maximum absolute atomic E-state index is 13.8. The summed E-state index contributed by atoms with van der Waals surface area (Å²) in [5.41, 5.74) is -0.0798. The van der Waals surface area contributed by atoms with Gasteiger partial charge in [0.2, 0.25) is 0 Å². The largest absolute Gasteiger partial charge is 0.313 e. The van der Waals surface area contributed by atoms with Gasteiger partial charge in [-0.2, -0.15) is 0 Å². The van der Waals surface area contributed by atoms with Crippen molar-refractivity contribution >= 4 is 5.78 Å². The zero-order chi connectivity index (χ0) is 14.7. The maximum atomic E-state index is 13.8. The van der Waals surface area contributed by atoms with Gasteiger partial charge >= 0.3 is 0 Å². The minimum atomic E-state index is -1.52. The summed E-state index contributed by atoms with van der Waals surface area (Å²) in [7, 11) is 0. The molecule has 2 atom stereocenters. The molecule has 2 rings (SSSR count). The lowest BCUT2D eigenvalue weighted by molar-refractivity contribution is -0.122. The number of nitrogens with one attached hydrogen (secondary N) is 2. The zero-order valence-corrected chi connectivity index (χ0v) is 11.2. The molecule has 0 aliphatic carbocycles. The molecule has 1 aromatic carbocycles. The Morgan fingerprint density at radius 2 is 2.05 bits per heavy atom. The van der Waals surface area contributed by atoms with E-state index in [9.17, 15) is 18.0 Å². The molecule has 1 saturated heterocycles. The number of rotatable bonds is 4. The SMILES string of the molecule is CCC(C(=O)C1CNCCN1)c1ccc(F)c(F)c1F. The van der Waals surface area contributed by atoms with Crippen molar-refractivity contribution in [2.75, 3.05) is 19.6 Å². The van der Waals surface area contributed by atoms with Gasteiger partial charge in [0.1, 0.15) is 0 Å². The Bertz CT molecular complexity index is 501. The van der Waals surface area contributed by atoms with Gasteiger partial charge in [0.25, 0.3) is 0 Å². The predicted molar refractivity (Wildman–Crippen MR) is 69.0 cm³/mol. The number of ketones is 1. The van der Waals surface area contributed by atoms with E-state index in [-0.39, 0.29) is 11.3 Å². The number of Topliss-reactive ketones (excluding diaryl/α,β-unsaturated/α-hetero) is 1. The summed E-state index contributed by atoms with van der Waals surface area (Å²) in [5, 5.41) is 6.12. The second-order valence-electron chi connectivity index (χ2n) is 4.84. The van der Waals surface area contributed by atoms with E-state index in [1.807, 2.05) is 0 Å². The fourth-order valence-corrected chi connectivity index (χ4v) is 2.48. The van der Waals surface area contributed by atoms with Crippen LogP contribution in [0.15, 0.2) is 12.1 Å². The minimum absolute atomic E-state index is 0.0798. The summed E-state index contributed by atoms with van der Waals surface area (Å²) < 4.78 is 40.1. The van der Waals surface area contributed by atoms with Crippen molar-refractivity contribution in [3.05, 3.63) is 35.1 Å². The van der Waals surface area contributed by atoms with Gasteiger partial charge in [-0.3, -0.25) is 4.79 Å². The summed E-state index contributed by atoms with van der Waals surface area (Å²) in [6, 6.07) is 1.58. The number of hydrogen-bond acceptors (Lipinski definition) is 3. The first-order chi connectivity index (χ1) is 9.56. The number of benzene rings is 1. The van der Waals surface area contributed by atoms with Crippen LogP contribution >= 0.6 is 0 Å². The quantitative estimate of drug-likeness (QED) is 0.828. The molecule has 1 aliphatic rings. The fraction of sp³-hybridized carbons (Fsp3) is 0.500. The summed E-state index contributed by atoms with van der Waals surface area (Å²) >= 11 is 0. The highest BCUT2D eigenvalue weighted by atomic mass is 19.2. The van der Waals surface area contributed by atoms with Gasteiger partial charge in [0.05, 0.1) is 6.04 Å². The average molecular weight is 286 g/mol. The Balaban J connectivity index is 2.27. The Morgan fingerprint density at radius 1 is 1.30 bits per heavy atom. The molecule has 1 fully saturated rings. The number of carbonyl (C=O) groups is 1. The molecule has 0 radical (unpaired) electrons. The third kappa shape index (κ3) is 2.86. The van der Waals surface area contributed by atoms with Crippen LogP contribution in [0.25, 0.3) is 0 Å². The van der Waals surface area contributed by atoms with Crippen LogP contribution in [0.5, 0.6) is 0 Å². The van der Waals surface area contributed by atoms with Crippen LogP contribution in [-0.4, -0.2) is 31.5 Å². The molecule has 2 unspecified atom stereocenters. The molecule has 0 spiro atoms. The lowest BCUT2D eigenvalue weighted by Crippen LogP contribution is -2.53. The van der Waals surface area contributed by atoms with Gasteiger partial charge < -0.3 is 10.6 Å². The maximum Gasteiger partial charge on any atom is 0.194 e. The first-order valence-electron chi connectivity index (χ1n) is 6.67. The molecule has 1 aliphatic heterocycles. The highest BCUT2D eigenvalue weighted by molar-refractivity contribution is 5.90. The second kappa shape index (κ2) is 6.37. The van der Waals surface area contributed by atoms with E-state index >= 15 is 0 Å². The van der Waals surface area contributed by atoms with Crippen LogP contribution in [0, 0.1) is 17.5 Å². The molecule has 1 heterocycles. The lowest BCUT2D eigenvalue weighted by Gasteiger charge is -2.27. The molecule has 20 heavy (non-hydrogen) atoms. The van der Waals surface area contributed by atoms with E-state index in [2.05, 4.69) is 10.6 Å². The molecule has 6 heteroatoms. The van der Waals surface area contributed by atoms with E-state index in [1.165, 1.54) is 0 Å². The molecule has 3 nitrogen and oxygen atoms in total. The van der Waals surface area contributed by atoms with Crippen molar-refractivity contribution in [3.8, 4) is 0 Å². The monoisotopic (exact) mass is 286 g/mol. The van der Waals surface area contributed by atoms with E-state index in [0.717, 1.165) is 18.7 Å². The summed E-state index contributed by atoms with van der Waals surface area (Å²) in [6.07, 6.45) is 0.332. The topological polar surface area (TPSA) is 41.1 Å². The van der Waals surface area contributed by atoms with Crippen LogP contribution in [0.4, 0.5) is 13.2 Å². The first kappa shape index (κ1) is 15.0. The molecule has 0 saturated carbocycles. The normalized spacial score (nSPS) is 20.7. The smallest absolute Gasteiger partial charge is 0.194 e. The molecule has 1 aromatic rings. The van der Waals surface area contributed by atoms with Crippen molar-refractivity contribution in [1.29, 1.82) is 0 Å². The van der Waals surface area contributed by atoms with E-state index in [0.29, 0.717) is 19.5 Å². The van der Waals surface area contributed by atoms with Crippen LogP contribution in [0.3, 0.4) is 0 Å². The van der Waals surface area contributed by atoms with Crippen LogP contribution in [0.2, 0.25) is 0 Å². The Labute approximate surface area is 115 Å². The van der Waals surface area contributed by atoms with Gasteiger partial charge in [-0.15, -0.1) is 0 Å². The third-order valence-corrected chi connectivity index (χ3v) is 3.58. The van der Waals surface area contributed by atoms with Crippen LogP contribution in [-0.2, 0) is 4.79 Å². The zero-order valence-electron chi connectivity index (χ0n) is 11.2. The van der Waals surface area contributed by atoms with Crippen molar-refractivity contribution < 1.29 is 18.0 Å². The van der Waals surface area contributed by atoms with Gasteiger partial charge in [0.15, 0.2) is 23.2 Å². The number of hydrogen-bond donors (Lipinski definition) is 2. The minimum Gasteiger partial charge on any atom is -0.313 e. The van der Waals surface area contributed by atoms with Crippen molar-refractivity contribution in [3.63, 3.8) is 0 Å². The third-order valence-electron chi connectivity index (χ3n) is 3.58.